The third-order valence-corrected chi connectivity index (χ3v) is 3.06. The van der Waals surface area contributed by atoms with Gasteiger partial charge in [0, 0.05) is 24.2 Å². The first-order valence-corrected chi connectivity index (χ1v) is 5.65. The summed E-state index contributed by atoms with van der Waals surface area (Å²) in [5.41, 5.74) is 0.279. The van der Waals surface area contributed by atoms with Gasteiger partial charge in [0.25, 0.3) is 0 Å². The van der Waals surface area contributed by atoms with Crippen molar-refractivity contribution in [3.05, 3.63) is 16.1 Å². The molecular weight excluding hydrogens is 212 g/mol. The Labute approximate surface area is 93.4 Å². The van der Waals surface area contributed by atoms with Crippen LogP contribution < -0.4 is 5.32 Å². The zero-order valence-electron chi connectivity index (χ0n) is 9.20. The molecule has 15 heavy (non-hydrogen) atoms. The number of carboxylic acids is 1. The van der Waals surface area contributed by atoms with Crippen molar-refractivity contribution < 1.29 is 9.90 Å². The van der Waals surface area contributed by atoms with Gasteiger partial charge >= 0.3 is 5.97 Å². The fraction of sp³-hybridized carbons (Fsp3) is 0.600. The molecule has 0 amide bonds. The Morgan fingerprint density at radius 3 is 2.80 bits per heavy atom. The zero-order chi connectivity index (χ0) is 11.5. The number of nitrogens with one attached hydrogen (secondary N) is 1. The van der Waals surface area contributed by atoms with E-state index in [0.29, 0.717) is 13.1 Å². The van der Waals surface area contributed by atoms with Crippen LogP contribution in [-0.4, -0.2) is 22.6 Å². The van der Waals surface area contributed by atoms with Crippen LogP contribution in [0.4, 0.5) is 0 Å². The average Bonchev–Trinajstić information content (AvgIpc) is 2.51. The Morgan fingerprint density at radius 1 is 1.67 bits per heavy atom. The van der Waals surface area contributed by atoms with Gasteiger partial charge in [-0.05, 0) is 20.8 Å². The number of rotatable bonds is 5. The highest BCUT2D eigenvalue weighted by molar-refractivity contribution is 7.09. The standard InChI is InChI=1S/C10H16N2O2S/c1-7-5-15-8(12-7)4-11-6-10(2,3)9(13)14/h5,11H,4,6H2,1-3H3,(H,13,14). The van der Waals surface area contributed by atoms with Gasteiger partial charge in [-0.25, -0.2) is 4.98 Å². The summed E-state index contributed by atoms with van der Waals surface area (Å²) in [7, 11) is 0. The van der Waals surface area contributed by atoms with Crippen molar-refractivity contribution in [3.8, 4) is 0 Å². The van der Waals surface area contributed by atoms with E-state index < -0.39 is 11.4 Å². The number of hydrogen-bond donors (Lipinski definition) is 2. The van der Waals surface area contributed by atoms with E-state index in [1.165, 1.54) is 0 Å². The number of hydrogen-bond acceptors (Lipinski definition) is 4. The van der Waals surface area contributed by atoms with Gasteiger partial charge in [-0.2, -0.15) is 0 Å². The minimum absolute atomic E-state index is 0.445. The number of thiazole rings is 1. The van der Waals surface area contributed by atoms with Crippen LogP contribution >= 0.6 is 11.3 Å². The molecule has 0 radical (unpaired) electrons. The fourth-order valence-corrected chi connectivity index (χ4v) is 1.78. The highest BCUT2D eigenvalue weighted by Crippen LogP contribution is 2.14. The Morgan fingerprint density at radius 2 is 2.33 bits per heavy atom. The Balaban J connectivity index is 2.36. The topological polar surface area (TPSA) is 62.2 Å². The highest BCUT2D eigenvalue weighted by Gasteiger charge is 2.26. The van der Waals surface area contributed by atoms with Crippen molar-refractivity contribution >= 4 is 17.3 Å². The summed E-state index contributed by atoms with van der Waals surface area (Å²) in [6.07, 6.45) is 0. The van der Waals surface area contributed by atoms with Crippen molar-refractivity contribution in [2.45, 2.75) is 27.3 Å². The van der Waals surface area contributed by atoms with Crippen LogP contribution in [0.2, 0.25) is 0 Å². The van der Waals surface area contributed by atoms with E-state index in [1.807, 2.05) is 12.3 Å². The van der Waals surface area contributed by atoms with Crippen LogP contribution in [0.3, 0.4) is 0 Å². The first-order chi connectivity index (χ1) is 6.92. The minimum atomic E-state index is -0.787. The van der Waals surface area contributed by atoms with E-state index in [9.17, 15) is 4.79 Å². The third kappa shape index (κ3) is 3.60. The van der Waals surface area contributed by atoms with Crippen LogP contribution in [-0.2, 0) is 11.3 Å². The zero-order valence-corrected chi connectivity index (χ0v) is 10.0. The molecule has 1 aromatic heterocycles. The van der Waals surface area contributed by atoms with E-state index in [1.54, 1.807) is 25.2 Å². The predicted molar refractivity (Wildman–Crippen MR) is 60.0 cm³/mol. The largest absolute Gasteiger partial charge is 0.481 e. The number of aromatic nitrogens is 1. The summed E-state index contributed by atoms with van der Waals surface area (Å²) in [4.78, 5) is 15.1. The number of carboxylic acid groups (broad SMARTS) is 1. The lowest BCUT2D eigenvalue weighted by Crippen LogP contribution is -2.35. The molecular formula is C10H16N2O2S. The first kappa shape index (κ1) is 12.1. The highest BCUT2D eigenvalue weighted by atomic mass is 32.1. The van der Waals surface area contributed by atoms with Crippen LogP contribution in [0.25, 0.3) is 0 Å². The van der Waals surface area contributed by atoms with E-state index in [4.69, 9.17) is 5.11 Å². The molecule has 1 aromatic rings. The minimum Gasteiger partial charge on any atom is -0.481 e. The summed E-state index contributed by atoms with van der Waals surface area (Å²) in [5.74, 6) is -0.787. The van der Waals surface area contributed by atoms with Crippen LogP contribution in [0.1, 0.15) is 24.5 Å². The maximum absolute atomic E-state index is 10.8. The molecule has 84 valence electrons. The first-order valence-electron chi connectivity index (χ1n) is 4.77. The molecule has 4 nitrogen and oxygen atoms in total. The Kier molecular flexibility index (Phi) is 3.82. The Hall–Kier alpha value is -0.940. The van der Waals surface area contributed by atoms with Crippen molar-refractivity contribution in [2.75, 3.05) is 6.54 Å². The van der Waals surface area contributed by atoms with Gasteiger partial charge in [-0.3, -0.25) is 4.79 Å². The van der Waals surface area contributed by atoms with Gasteiger partial charge in [-0.1, -0.05) is 0 Å². The van der Waals surface area contributed by atoms with Gasteiger partial charge < -0.3 is 10.4 Å². The molecule has 0 saturated carbocycles. The van der Waals surface area contributed by atoms with Gasteiger partial charge in [0.2, 0.25) is 0 Å². The van der Waals surface area contributed by atoms with E-state index in [-0.39, 0.29) is 0 Å². The molecule has 0 unspecified atom stereocenters. The molecule has 5 heteroatoms. The van der Waals surface area contributed by atoms with Gasteiger partial charge in [0.05, 0.1) is 5.41 Å². The van der Waals surface area contributed by atoms with Crippen molar-refractivity contribution in [1.82, 2.24) is 10.3 Å². The molecule has 0 aliphatic rings. The summed E-state index contributed by atoms with van der Waals surface area (Å²) in [6.45, 7) is 6.43. The average molecular weight is 228 g/mol. The molecule has 1 heterocycles. The van der Waals surface area contributed by atoms with Crippen LogP contribution in [0, 0.1) is 12.3 Å². The van der Waals surface area contributed by atoms with E-state index in [0.717, 1.165) is 10.7 Å². The predicted octanol–water partition coefficient (Wildman–Crippen LogP) is 1.65. The molecule has 0 aliphatic heterocycles. The van der Waals surface area contributed by atoms with Gasteiger partial charge in [0.15, 0.2) is 0 Å². The second kappa shape index (κ2) is 4.72. The van der Waals surface area contributed by atoms with Crippen LogP contribution in [0.15, 0.2) is 5.38 Å². The summed E-state index contributed by atoms with van der Waals surface area (Å²) in [5, 5.41) is 15.0. The molecule has 0 aliphatic carbocycles. The summed E-state index contributed by atoms with van der Waals surface area (Å²) < 4.78 is 0. The van der Waals surface area contributed by atoms with Crippen molar-refractivity contribution in [2.24, 2.45) is 5.41 Å². The van der Waals surface area contributed by atoms with Crippen LogP contribution in [0.5, 0.6) is 0 Å². The number of carbonyl (C=O) groups is 1. The lowest BCUT2D eigenvalue weighted by Gasteiger charge is -2.18. The summed E-state index contributed by atoms with van der Waals surface area (Å²) in [6, 6.07) is 0. The molecule has 0 bridgehead atoms. The molecule has 0 aromatic carbocycles. The normalized spacial score (nSPS) is 11.7. The molecule has 1 rings (SSSR count). The van der Waals surface area contributed by atoms with Gasteiger partial charge in [0.1, 0.15) is 5.01 Å². The smallest absolute Gasteiger partial charge is 0.310 e. The molecule has 0 atom stereocenters. The van der Waals surface area contributed by atoms with E-state index in [2.05, 4.69) is 10.3 Å². The number of aryl methyl sites for hydroxylation is 1. The van der Waals surface area contributed by atoms with E-state index >= 15 is 0 Å². The second-order valence-corrected chi connectivity index (χ2v) is 5.12. The molecule has 0 spiro atoms. The maximum Gasteiger partial charge on any atom is 0.310 e. The molecule has 0 saturated heterocycles. The third-order valence-electron chi connectivity index (χ3n) is 2.09. The lowest BCUT2D eigenvalue weighted by atomic mass is 9.94. The second-order valence-electron chi connectivity index (χ2n) is 4.18. The SMILES string of the molecule is Cc1csc(CNCC(C)(C)C(=O)O)n1. The number of aliphatic carboxylic acids is 1. The summed E-state index contributed by atoms with van der Waals surface area (Å²) >= 11 is 1.59. The monoisotopic (exact) mass is 228 g/mol. The van der Waals surface area contributed by atoms with Gasteiger partial charge in [-0.15, -0.1) is 11.3 Å². The Bertz CT molecular complexity index is 347. The quantitative estimate of drug-likeness (QED) is 0.804. The van der Waals surface area contributed by atoms with Crippen molar-refractivity contribution in [1.29, 1.82) is 0 Å². The lowest BCUT2D eigenvalue weighted by molar-refractivity contribution is -0.146. The van der Waals surface area contributed by atoms with Crippen molar-refractivity contribution in [3.63, 3.8) is 0 Å². The maximum atomic E-state index is 10.8. The fourth-order valence-electron chi connectivity index (χ4n) is 1.04. The molecule has 2 N–H and O–H groups in total. The molecule has 0 fully saturated rings. The number of nitrogens with zero attached hydrogens (tertiary/aromatic N) is 1.